The number of hydrogen-bond donors (Lipinski definition) is 0. The predicted molar refractivity (Wildman–Crippen MR) is 115 cm³/mol. The van der Waals surface area contributed by atoms with Gasteiger partial charge in [-0.15, -0.1) is 0 Å². The molecule has 29 heavy (non-hydrogen) atoms. The van der Waals surface area contributed by atoms with Crippen molar-refractivity contribution >= 4 is 0 Å². The molecule has 0 N–H and O–H groups in total. The molecule has 0 spiro atoms. The molecule has 3 aromatic rings. The Hall–Kier alpha value is -2.46. The second-order valence-electron chi connectivity index (χ2n) is 8.45. The van der Waals surface area contributed by atoms with Crippen LogP contribution in [0.4, 0.5) is 0 Å². The third-order valence-electron chi connectivity index (χ3n) is 6.03. The molecule has 2 aliphatic rings. The zero-order valence-corrected chi connectivity index (χ0v) is 17.0. The Bertz CT molecular complexity index is 951. The van der Waals surface area contributed by atoms with Gasteiger partial charge in [-0.05, 0) is 41.7 Å². The maximum absolute atomic E-state index is 6.48. The minimum Gasteiger partial charge on any atom is -0.349 e. The Balaban J connectivity index is 1.56. The molecule has 2 heterocycles. The topological polar surface area (TPSA) is 21.7 Å². The SMILES string of the molecule is CC1(C)OC[C@H](N2Cc3ccccc3-c3ccccc3C2)[C@H](c2ccccc2)O1. The Labute approximate surface area is 172 Å². The van der Waals surface area contributed by atoms with Gasteiger partial charge in [0.2, 0.25) is 0 Å². The molecule has 0 aliphatic carbocycles. The van der Waals surface area contributed by atoms with Crippen molar-refractivity contribution < 1.29 is 9.47 Å². The van der Waals surface area contributed by atoms with Gasteiger partial charge >= 0.3 is 0 Å². The summed E-state index contributed by atoms with van der Waals surface area (Å²) in [6.45, 7) is 6.42. The molecule has 3 nitrogen and oxygen atoms in total. The highest BCUT2D eigenvalue weighted by atomic mass is 16.7. The number of hydrogen-bond acceptors (Lipinski definition) is 3. The number of nitrogens with zero attached hydrogens (tertiary/aromatic N) is 1. The lowest BCUT2D eigenvalue weighted by molar-refractivity contribution is -0.298. The lowest BCUT2D eigenvalue weighted by Gasteiger charge is -2.45. The number of fused-ring (bicyclic) bond motifs is 3. The van der Waals surface area contributed by atoms with Gasteiger partial charge in [0, 0.05) is 13.1 Å². The Morgan fingerprint density at radius 2 is 1.31 bits per heavy atom. The zero-order valence-electron chi connectivity index (χ0n) is 17.0. The highest BCUT2D eigenvalue weighted by Gasteiger charge is 2.41. The summed E-state index contributed by atoms with van der Waals surface area (Å²) in [5.41, 5.74) is 6.59. The van der Waals surface area contributed by atoms with E-state index in [0.717, 1.165) is 13.1 Å². The van der Waals surface area contributed by atoms with E-state index in [0.29, 0.717) is 6.61 Å². The van der Waals surface area contributed by atoms with Gasteiger partial charge in [0.25, 0.3) is 0 Å². The van der Waals surface area contributed by atoms with Crippen LogP contribution in [0.15, 0.2) is 78.9 Å². The summed E-state index contributed by atoms with van der Waals surface area (Å²) in [7, 11) is 0. The molecule has 3 aromatic carbocycles. The monoisotopic (exact) mass is 385 g/mol. The van der Waals surface area contributed by atoms with E-state index >= 15 is 0 Å². The molecule has 0 aromatic heterocycles. The summed E-state index contributed by atoms with van der Waals surface area (Å²) >= 11 is 0. The van der Waals surface area contributed by atoms with Gasteiger partial charge in [0.15, 0.2) is 5.79 Å². The van der Waals surface area contributed by atoms with Crippen molar-refractivity contribution in [2.75, 3.05) is 6.61 Å². The summed E-state index contributed by atoms with van der Waals surface area (Å²) in [5.74, 6) is -0.585. The fraction of sp³-hybridized carbons (Fsp3) is 0.308. The molecule has 2 atom stereocenters. The lowest BCUT2D eigenvalue weighted by atomic mass is 9.97. The second-order valence-corrected chi connectivity index (χ2v) is 8.45. The first kappa shape index (κ1) is 18.6. The van der Waals surface area contributed by atoms with Crippen LogP contribution in [0.1, 0.15) is 36.6 Å². The van der Waals surface area contributed by atoms with Gasteiger partial charge in [0.1, 0.15) is 6.10 Å². The second kappa shape index (κ2) is 7.42. The third-order valence-corrected chi connectivity index (χ3v) is 6.03. The summed E-state index contributed by atoms with van der Waals surface area (Å²) in [6, 6.07) is 28.2. The van der Waals surface area contributed by atoms with Crippen LogP contribution in [-0.2, 0) is 22.6 Å². The van der Waals surface area contributed by atoms with Crippen LogP contribution in [0, 0.1) is 0 Å². The zero-order chi connectivity index (χ0) is 19.8. The first-order valence-electron chi connectivity index (χ1n) is 10.4. The number of benzene rings is 3. The van der Waals surface area contributed by atoms with Gasteiger partial charge in [-0.3, -0.25) is 4.90 Å². The average Bonchev–Trinajstić information content (AvgIpc) is 2.90. The van der Waals surface area contributed by atoms with Crippen LogP contribution in [0.2, 0.25) is 0 Å². The molecule has 5 rings (SSSR count). The van der Waals surface area contributed by atoms with Gasteiger partial charge in [0.05, 0.1) is 12.6 Å². The molecule has 3 heteroatoms. The molecule has 2 aliphatic heterocycles. The van der Waals surface area contributed by atoms with E-state index in [4.69, 9.17) is 9.47 Å². The largest absolute Gasteiger partial charge is 0.349 e. The summed E-state index contributed by atoms with van der Waals surface area (Å²) in [5, 5.41) is 0. The van der Waals surface area contributed by atoms with Gasteiger partial charge < -0.3 is 9.47 Å². The highest BCUT2D eigenvalue weighted by molar-refractivity contribution is 5.71. The Morgan fingerprint density at radius 3 is 1.93 bits per heavy atom. The van der Waals surface area contributed by atoms with Crippen molar-refractivity contribution in [1.29, 1.82) is 0 Å². The van der Waals surface area contributed by atoms with Crippen LogP contribution in [-0.4, -0.2) is 23.3 Å². The normalized spacial score (nSPS) is 23.7. The minimum atomic E-state index is -0.585. The molecule has 0 saturated carbocycles. The summed E-state index contributed by atoms with van der Waals surface area (Å²) < 4.78 is 12.6. The van der Waals surface area contributed by atoms with E-state index in [1.165, 1.54) is 27.8 Å². The van der Waals surface area contributed by atoms with Gasteiger partial charge in [-0.25, -0.2) is 0 Å². The highest BCUT2D eigenvalue weighted by Crippen LogP contribution is 2.39. The molecule has 0 amide bonds. The predicted octanol–water partition coefficient (Wildman–Crippen LogP) is 5.56. The molecular weight excluding hydrogens is 358 g/mol. The van der Waals surface area contributed by atoms with Crippen LogP contribution in [0.3, 0.4) is 0 Å². The van der Waals surface area contributed by atoms with E-state index in [9.17, 15) is 0 Å². The van der Waals surface area contributed by atoms with E-state index in [1.807, 2.05) is 13.8 Å². The standard InChI is InChI=1S/C26H27NO2/c1-26(2)28-18-24(25(29-26)19-10-4-3-5-11-19)27-16-20-12-6-8-14-22(20)23-15-9-7-13-21(23)17-27/h3-15,24-25H,16-18H2,1-2H3/t24-,25-/m0/s1. The van der Waals surface area contributed by atoms with Crippen LogP contribution in [0.25, 0.3) is 11.1 Å². The number of rotatable bonds is 2. The summed E-state index contributed by atoms with van der Waals surface area (Å²) in [4.78, 5) is 2.53. The van der Waals surface area contributed by atoms with Crippen LogP contribution >= 0.6 is 0 Å². The first-order chi connectivity index (χ1) is 14.1. The van der Waals surface area contributed by atoms with Crippen molar-refractivity contribution in [3.05, 3.63) is 95.6 Å². The molecule has 0 bridgehead atoms. The third kappa shape index (κ3) is 3.62. The van der Waals surface area contributed by atoms with Crippen molar-refractivity contribution in [2.24, 2.45) is 0 Å². The van der Waals surface area contributed by atoms with Crippen LogP contribution in [0.5, 0.6) is 0 Å². The Morgan fingerprint density at radius 1 is 0.759 bits per heavy atom. The molecule has 0 unspecified atom stereocenters. The van der Waals surface area contributed by atoms with Gasteiger partial charge in [-0.2, -0.15) is 0 Å². The maximum Gasteiger partial charge on any atom is 0.163 e. The smallest absolute Gasteiger partial charge is 0.163 e. The van der Waals surface area contributed by atoms with E-state index in [-0.39, 0.29) is 12.1 Å². The molecular formula is C26H27NO2. The average molecular weight is 386 g/mol. The van der Waals surface area contributed by atoms with Crippen molar-refractivity contribution in [3.8, 4) is 11.1 Å². The Kier molecular flexibility index (Phi) is 4.75. The van der Waals surface area contributed by atoms with E-state index in [1.54, 1.807) is 0 Å². The molecule has 1 saturated heterocycles. The fourth-order valence-corrected chi connectivity index (χ4v) is 4.59. The maximum atomic E-state index is 6.48. The minimum absolute atomic E-state index is 0.0302. The van der Waals surface area contributed by atoms with Crippen molar-refractivity contribution in [2.45, 2.75) is 44.9 Å². The van der Waals surface area contributed by atoms with Crippen molar-refractivity contribution in [1.82, 2.24) is 4.90 Å². The number of ether oxygens (including phenoxy) is 2. The molecule has 148 valence electrons. The lowest BCUT2D eigenvalue weighted by Crippen LogP contribution is -2.51. The van der Waals surface area contributed by atoms with Gasteiger partial charge in [-0.1, -0.05) is 78.9 Å². The van der Waals surface area contributed by atoms with E-state index in [2.05, 4.69) is 83.8 Å². The molecule has 0 radical (unpaired) electrons. The molecule has 1 fully saturated rings. The quantitative estimate of drug-likeness (QED) is 0.576. The van der Waals surface area contributed by atoms with Crippen molar-refractivity contribution in [3.63, 3.8) is 0 Å². The fourth-order valence-electron chi connectivity index (χ4n) is 4.59. The van der Waals surface area contributed by atoms with E-state index < -0.39 is 5.79 Å². The van der Waals surface area contributed by atoms with Crippen LogP contribution < -0.4 is 0 Å². The summed E-state index contributed by atoms with van der Waals surface area (Å²) in [6.07, 6.45) is -0.0302. The first-order valence-corrected chi connectivity index (χ1v) is 10.4.